The Kier molecular flexibility index (Phi) is 3.60. The van der Waals surface area contributed by atoms with Crippen molar-refractivity contribution in [2.24, 2.45) is 5.11 Å². The van der Waals surface area contributed by atoms with Gasteiger partial charge in [-0.2, -0.15) is 0 Å². The minimum Gasteiger partial charge on any atom is -0.388 e. The van der Waals surface area contributed by atoms with Gasteiger partial charge in [-0.05, 0) is 30.2 Å². The van der Waals surface area contributed by atoms with Crippen LogP contribution in [0.5, 0.6) is 0 Å². The van der Waals surface area contributed by atoms with Crippen LogP contribution in [0.3, 0.4) is 0 Å². The zero-order chi connectivity index (χ0) is 11.4. The number of hydrogen-bond donors (Lipinski definition) is 1. The van der Waals surface area contributed by atoms with E-state index >= 15 is 0 Å². The van der Waals surface area contributed by atoms with E-state index in [1.165, 1.54) is 6.92 Å². The van der Waals surface area contributed by atoms with Crippen molar-refractivity contribution >= 4 is 0 Å². The van der Waals surface area contributed by atoms with Crippen LogP contribution in [-0.2, 0) is 0 Å². The van der Waals surface area contributed by atoms with Crippen molar-refractivity contribution in [1.82, 2.24) is 0 Å². The molecule has 0 aliphatic carbocycles. The van der Waals surface area contributed by atoms with Crippen molar-refractivity contribution in [3.63, 3.8) is 0 Å². The molecule has 1 N–H and O–H groups in total. The van der Waals surface area contributed by atoms with Gasteiger partial charge in [-0.1, -0.05) is 5.11 Å². The summed E-state index contributed by atoms with van der Waals surface area (Å²) in [7, 11) is 0. The molecule has 0 aliphatic rings. The van der Waals surface area contributed by atoms with E-state index in [0.29, 0.717) is 0 Å². The molecule has 0 amide bonds. The predicted octanol–water partition coefficient (Wildman–Crippen LogP) is 2.62. The first-order chi connectivity index (χ1) is 7.06. The molecule has 0 unspecified atom stereocenters. The highest BCUT2D eigenvalue weighted by atomic mass is 19.1. The minimum absolute atomic E-state index is 0.159. The molecule has 0 saturated heterocycles. The van der Waals surface area contributed by atoms with E-state index in [9.17, 15) is 13.9 Å². The van der Waals surface area contributed by atoms with E-state index in [2.05, 4.69) is 10.0 Å². The topological polar surface area (TPSA) is 69.0 Å². The standard InChI is InChI=1S/C9H9F2N3O/c1-5-2-8(11)6(3-7(5)10)9(15)4-13-14-12/h2-3,9,15H,4H2,1H3/t9-/m1/s1. The number of halogens is 2. The smallest absolute Gasteiger partial charge is 0.129 e. The molecule has 1 atom stereocenters. The number of aliphatic hydroxyl groups excluding tert-OH is 1. The highest BCUT2D eigenvalue weighted by molar-refractivity contribution is 5.27. The molecule has 0 heterocycles. The Hall–Kier alpha value is -1.65. The number of nitrogens with zero attached hydrogens (tertiary/aromatic N) is 3. The molecule has 1 aromatic rings. The number of benzene rings is 1. The summed E-state index contributed by atoms with van der Waals surface area (Å²) in [6.07, 6.45) is -1.32. The Labute approximate surface area is 84.8 Å². The summed E-state index contributed by atoms with van der Waals surface area (Å²) in [6.45, 7) is 1.10. The molecule has 0 saturated carbocycles. The van der Waals surface area contributed by atoms with Crippen LogP contribution >= 0.6 is 0 Å². The molecule has 0 fully saturated rings. The number of aryl methyl sites for hydroxylation is 1. The van der Waals surface area contributed by atoms with Crippen LogP contribution < -0.4 is 0 Å². The molecule has 0 aliphatic heterocycles. The van der Waals surface area contributed by atoms with E-state index in [1.807, 2.05) is 0 Å². The minimum atomic E-state index is -1.32. The normalized spacial score (nSPS) is 12.0. The largest absolute Gasteiger partial charge is 0.388 e. The fourth-order valence-electron chi connectivity index (χ4n) is 1.13. The average Bonchev–Trinajstić information content (AvgIpc) is 2.20. The molecular weight excluding hydrogens is 204 g/mol. The second-order valence-electron chi connectivity index (χ2n) is 3.05. The summed E-state index contributed by atoms with van der Waals surface area (Å²) in [4.78, 5) is 2.42. The van der Waals surface area contributed by atoms with Gasteiger partial charge in [0.25, 0.3) is 0 Å². The van der Waals surface area contributed by atoms with E-state index in [0.717, 1.165) is 12.1 Å². The van der Waals surface area contributed by atoms with Crippen molar-refractivity contribution in [3.05, 3.63) is 45.3 Å². The highest BCUT2D eigenvalue weighted by Gasteiger charge is 2.14. The van der Waals surface area contributed by atoms with Gasteiger partial charge in [-0.3, -0.25) is 0 Å². The number of aliphatic hydroxyl groups is 1. The van der Waals surface area contributed by atoms with Crippen LogP contribution in [0, 0.1) is 18.6 Å². The molecule has 0 aromatic heterocycles. The third-order valence-corrected chi connectivity index (χ3v) is 1.95. The summed E-state index contributed by atoms with van der Waals surface area (Å²) in [5.74, 6) is -1.32. The van der Waals surface area contributed by atoms with Gasteiger partial charge in [-0.25, -0.2) is 8.78 Å². The van der Waals surface area contributed by atoms with Crippen molar-refractivity contribution in [2.45, 2.75) is 13.0 Å². The SMILES string of the molecule is Cc1cc(F)c([C@H](O)CN=[N+]=[N-])cc1F. The molecule has 1 rings (SSSR count). The average molecular weight is 213 g/mol. The highest BCUT2D eigenvalue weighted by Crippen LogP contribution is 2.20. The van der Waals surface area contributed by atoms with Gasteiger partial charge in [0.05, 0.1) is 12.6 Å². The second kappa shape index (κ2) is 4.72. The lowest BCUT2D eigenvalue weighted by atomic mass is 10.1. The van der Waals surface area contributed by atoms with Crippen LogP contribution in [0.25, 0.3) is 10.4 Å². The third-order valence-electron chi connectivity index (χ3n) is 1.95. The van der Waals surface area contributed by atoms with Crippen molar-refractivity contribution < 1.29 is 13.9 Å². The van der Waals surface area contributed by atoms with E-state index in [4.69, 9.17) is 5.53 Å². The van der Waals surface area contributed by atoms with Crippen molar-refractivity contribution in [2.75, 3.05) is 6.54 Å². The lowest BCUT2D eigenvalue weighted by Crippen LogP contribution is -2.05. The van der Waals surface area contributed by atoms with Crippen LogP contribution in [0.2, 0.25) is 0 Å². The summed E-state index contributed by atoms with van der Waals surface area (Å²) < 4.78 is 26.3. The molecule has 0 bridgehead atoms. The Bertz CT molecular complexity index is 416. The fourth-order valence-corrected chi connectivity index (χ4v) is 1.13. The Morgan fingerprint density at radius 1 is 1.47 bits per heavy atom. The zero-order valence-corrected chi connectivity index (χ0v) is 7.98. The molecule has 6 heteroatoms. The van der Waals surface area contributed by atoms with Gasteiger partial charge in [0.2, 0.25) is 0 Å². The summed E-state index contributed by atoms with van der Waals surface area (Å²) in [5.41, 5.74) is 7.97. The van der Waals surface area contributed by atoms with Crippen LogP contribution in [0.1, 0.15) is 17.2 Å². The van der Waals surface area contributed by atoms with Crippen LogP contribution in [0.15, 0.2) is 17.2 Å². The number of rotatable bonds is 3. The van der Waals surface area contributed by atoms with Crippen molar-refractivity contribution in [1.29, 1.82) is 0 Å². The van der Waals surface area contributed by atoms with Gasteiger partial charge in [0.1, 0.15) is 11.6 Å². The number of hydrogen-bond acceptors (Lipinski definition) is 2. The lowest BCUT2D eigenvalue weighted by Gasteiger charge is -2.10. The maximum atomic E-state index is 13.2. The molecule has 0 spiro atoms. The molecular formula is C9H9F2N3O. The molecule has 0 radical (unpaired) electrons. The first-order valence-corrected chi connectivity index (χ1v) is 4.20. The van der Waals surface area contributed by atoms with Crippen LogP contribution in [0.4, 0.5) is 8.78 Å². The maximum absolute atomic E-state index is 13.2. The first-order valence-electron chi connectivity index (χ1n) is 4.20. The van der Waals surface area contributed by atoms with Gasteiger partial charge in [0, 0.05) is 10.5 Å². The number of azide groups is 1. The second-order valence-corrected chi connectivity index (χ2v) is 3.05. The third kappa shape index (κ3) is 2.65. The summed E-state index contributed by atoms with van der Waals surface area (Å²) in [6, 6.07) is 1.90. The Balaban J connectivity index is 3.03. The van der Waals surface area contributed by atoms with Gasteiger partial charge < -0.3 is 5.11 Å². The van der Waals surface area contributed by atoms with Gasteiger partial charge >= 0.3 is 0 Å². The monoisotopic (exact) mass is 213 g/mol. The van der Waals surface area contributed by atoms with Crippen LogP contribution in [-0.4, -0.2) is 11.7 Å². The Morgan fingerprint density at radius 2 is 2.13 bits per heavy atom. The molecule has 1 aromatic carbocycles. The lowest BCUT2D eigenvalue weighted by molar-refractivity contribution is 0.181. The molecule has 80 valence electrons. The van der Waals surface area contributed by atoms with Gasteiger partial charge in [-0.15, -0.1) is 0 Å². The maximum Gasteiger partial charge on any atom is 0.129 e. The fraction of sp³-hybridized carbons (Fsp3) is 0.333. The van der Waals surface area contributed by atoms with Gasteiger partial charge in [0.15, 0.2) is 0 Å². The Morgan fingerprint density at radius 3 is 2.73 bits per heavy atom. The summed E-state index contributed by atoms with van der Waals surface area (Å²) in [5, 5.41) is 12.5. The van der Waals surface area contributed by atoms with E-state index < -0.39 is 17.7 Å². The quantitative estimate of drug-likeness (QED) is 0.468. The van der Waals surface area contributed by atoms with Crippen molar-refractivity contribution in [3.8, 4) is 0 Å². The zero-order valence-electron chi connectivity index (χ0n) is 7.98. The molecule has 4 nitrogen and oxygen atoms in total. The van der Waals surface area contributed by atoms with E-state index in [-0.39, 0.29) is 17.7 Å². The summed E-state index contributed by atoms with van der Waals surface area (Å²) >= 11 is 0. The first kappa shape index (κ1) is 11.4. The van der Waals surface area contributed by atoms with E-state index in [1.54, 1.807) is 0 Å². The molecule has 15 heavy (non-hydrogen) atoms. The predicted molar refractivity (Wildman–Crippen MR) is 50.1 cm³/mol.